The zero-order valence-corrected chi connectivity index (χ0v) is 10.8. The molecule has 0 aliphatic heterocycles. The highest BCUT2D eigenvalue weighted by atomic mass is 79.9. The molecule has 1 rings (SSSR count). The van der Waals surface area contributed by atoms with Crippen LogP contribution in [0.5, 0.6) is 11.5 Å². The van der Waals surface area contributed by atoms with Crippen LogP contribution in [0.3, 0.4) is 0 Å². The fourth-order valence-electron chi connectivity index (χ4n) is 1.68. The van der Waals surface area contributed by atoms with Crippen molar-refractivity contribution in [1.82, 2.24) is 0 Å². The Morgan fingerprint density at radius 2 is 1.87 bits per heavy atom. The summed E-state index contributed by atoms with van der Waals surface area (Å²) >= 11 is 3.47. The van der Waals surface area contributed by atoms with Gasteiger partial charge in [0.25, 0.3) is 0 Å². The van der Waals surface area contributed by atoms with Crippen molar-refractivity contribution >= 4 is 15.9 Å². The first kappa shape index (κ1) is 12.3. The van der Waals surface area contributed by atoms with Gasteiger partial charge in [-0.2, -0.15) is 0 Å². The third-order valence-corrected chi connectivity index (χ3v) is 2.90. The maximum atomic E-state index is 5.55. The van der Waals surface area contributed by atoms with E-state index in [4.69, 9.17) is 15.2 Å². The van der Waals surface area contributed by atoms with Gasteiger partial charge in [0.05, 0.1) is 18.7 Å². The molecule has 0 aliphatic carbocycles. The molecule has 0 aliphatic rings. The molecule has 3 nitrogen and oxygen atoms in total. The van der Waals surface area contributed by atoms with Gasteiger partial charge in [0, 0.05) is 5.56 Å². The zero-order chi connectivity index (χ0) is 11.4. The van der Waals surface area contributed by atoms with Gasteiger partial charge in [0.2, 0.25) is 0 Å². The molecule has 1 aromatic carbocycles. The lowest BCUT2D eigenvalue weighted by Gasteiger charge is -2.15. The van der Waals surface area contributed by atoms with E-state index >= 15 is 0 Å². The number of halogens is 1. The Labute approximate surface area is 98.7 Å². The Morgan fingerprint density at radius 1 is 1.27 bits per heavy atom. The average Bonchev–Trinajstić information content (AvgIpc) is 2.19. The van der Waals surface area contributed by atoms with Gasteiger partial charge in [-0.3, -0.25) is 0 Å². The summed E-state index contributed by atoms with van der Waals surface area (Å²) in [4.78, 5) is 0. The molecule has 0 heterocycles. The van der Waals surface area contributed by atoms with E-state index in [1.54, 1.807) is 14.2 Å². The molecule has 0 spiro atoms. The molecule has 0 unspecified atom stereocenters. The number of benzene rings is 1. The first-order chi connectivity index (χ1) is 7.15. The Bertz CT molecular complexity index is 353. The second kappa shape index (κ2) is 5.37. The molecule has 2 N–H and O–H groups in total. The van der Waals surface area contributed by atoms with Crippen LogP contribution >= 0.6 is 15.9 Å². The second-order valence-corrected chi connectivity index (χ2v) is 4.10. The minimum absolute atomic E-state index is 0.606. The minimum Gasteiger partial charge on any atom is -0.496 e. The molecule has 15 heavy (non-hydrogen) atoms. The van der Waals surface area contributed by atoms with Gasteiger partial charge < -0.3 is 15.2 Å². The van der Waals surface area contributed by atoms with E-state index in [0.717, 1.165) is 33.5 Å². The maximum absolute atomic E-state index is 5.55. The molecule has 4 heteroatoms. The standard InChI is InChI=1S/C11H16BrNO2/c1-7-10(14-2)8(4-5-13)6-9(12)11(7)15-3/h6H,4-5,13H2,1-3H3. The third-order valence-electron chi connectivity index (χ3n) is 2.31. The molecule has 0 fully saturated rings. The van der Waals surface area contributed by atoms with Gasteiger partial charge in [-0.05, 0) is 47.4 Å². The summed E-state index contributed by atoms with van der Waals surface area (Å²) in [6.45, 7) is 2.58. The lowest BCUT2D eigenvalue weighted by molar-refractivity contribution is 0.384. The molecule has 0 atom stereocenters. The van der Waals surface area contributed by atoms with Crippen LogP contribution in [0, 0.1) is 6.92 Å². The molecule has 0 saturated heterocycles. The normalized spacial score (nSPS) is 10.2. The summed E-state index contributed by atoms with van der Waals surface area (Å²) in [7, 11) is 3.31. The topological polar surface area (TPSA) is 44.5 Å². The van der Waals surface area contributed by atoms with E-state index in [2.05, 4.69) is 15.9 Å². The lowest BCUT2D eigenvalue weighted by Crippen LogP contribution is -2.06. The largest absolute Gasteiger partial charge is 0.496 e. The molecule has 1 aromatic rings. The fraction of sp³-hybridized carbons (Fsp3) is 0.455. The van der Waals surface area contributed by atoms with Crippen molar-refractivity contribution in [2.45, 2.75) is 13.3 Å². The van der Waals surface area contributed by atoms with E-state index in [9.17, 15) is 0 Å². The fourth-order valence-corrected chi connectivity index (χ4v) is 2.42. The third kappa shape index (κ3) is 2.44. The van der Waals surface area contributed by atoms with Gasteiger partial charge in [0.15, 0.2) is 0 Å². The van der Waals surface area contributed by atoms with Crippen LogP contribution in [0.4, 0.5) is 0 Å². The van der Waals surface area contributed by atoms with Crippen LogP contribution < -0.4 is 15.2 Å². The van der Waals surface area contributed by atoms with Crippen molar-refractivity contribution in [3.05, 3.63) is 21.7 Å². The second-order valence-electron chi connectivity index (χ2n) is 3.25. The number of methoxy groups -OCH3 is 2. The molecule has 0 saturated carbocycles. The van der Waals surface area contributed by atoms with Crippen molar-refractivity contribution in [3.8, 4) is 11.5 Å². The summed E-state index contributed by atoms with van der Waals surface area (Å²) in [5.74, 6) is 1.67. The predicted octanol–water partition coefficient (Wildman–Crippen LogP) is 2.28. The Kier molecular flexibility index (Phi) is 4.42. The first-order valence-corrected chi connectivity index (χ1v) is 5.55. The van der Waals surface area contributed by atoms with Crippen LogP contribution in [0.15, 0.2) is 10.5 Å². The van der Waals surface area contributed by atoms with Crippen LogP contribution in [0.2, 0.25) is 0 Å². The van der Waals surface area contributed by atoms with Crippen molar-refractivity contribution in [1.29, 1.82) is 0 Å². The van der Waals surface area contributed by atoms with E-state index in [0.29, 0.717) is 6.54 Å². The van der Waals surface area contributed by atoms with Gasteiger partial charge in [0.1, 0.15) is 11.5 Å². The van der Waals surface area contributed by atoms with Gasteiger partial charge in [-0.15, -0.1) is 0 Å². The molecule has 0 aromatic heterocycles. The van der Waals surface area contributed by atoms with Crippen molar-refractivity contribution in [2.75, 3.05) is 20.8 Å². The number of hydrogen-bond donors (Lipinski definition) is 1. The highest BCUT2D eigenvalue weighted by Crippen LogP contribution is 2.37. The Morgan fingerprint density at radius 3 is 2.33 bits per heavy atom. The molecule has 0 bridgehead atoms. The molecule has 84 valence electrons. The number of ether oxygens (including phenoxy) is 2. The van der Waals surface area contributed by atoms with Gasteiger partial charge in [-0.25, -0.2) is 0 Å². The SMILES string of the molecule is COc1c(Br)cc(CCN)c(OC)c1C. The first-order valence-electron chi connectivity index (χ1n) is 4.75. The van der Waals surface area contributed by atoms with Crippen molar-refractivity contribution < 1.29 is 9.47 Å². The monoisotopic (exact) mass is 273 g/mol. The lowest BCUT2D eigenvalue weighted by atomic mass is 10.1. The van der Waals surface area contributed by atoms with Crippen LogP contribution in [-0.2, 0) is 6.42 Å². The molecular weight excluding hydrogens is 258 g/mol. The molecule has 0 radical (unpaired) electrons. The Hall–Kier alpha value is -0.740. The predicted molar refractivity (Wildman–Crippen MR) is 64.7 cm³/mol. The van der Waals surface area contributed by atoms with Crippen LogP contribution in [-0.4, -0.2) is 20.8 Å². The number of rotatable bonds is 4. The van der Waals surface area contributed by atoms with Crippen molar-refractivity contribution in [2.24, 2.45) is 5.73 Å². The van der Waals surface area contributed by atoms with Gasteiger partial charge in [-0.1, -0.05) is 0 Å². The number of nitrogens with two attached hydrogens (primary N) is 1. The van der Waals surface area contributed by atoms with Crippen LogP contribution in [0.1, 0.15) is 11.1 Å². The van der Waals surface area contributed by atoms with Gasteiger partial charge >= 0.3 is 0 Å². The molecule has 0 amide bonds. The molecular formula is C11H16BrNO2. The summed E-state index contributed by atoms with van der Waals surface area (Å²) in [6, 6.07) is 2.00. The highest BCUT2D eigenvalue weighted by molar-refractivity contribution is 9.10. The maximum Gasteiger partial charge on any atom is 0.139 e. The number of hydrogen-bond acceptors (Lipinski definition) is 3. The summed E-state index contributed by atoms with van der Waals surface area (Å²) in [5, 5.41) is 0. The highest BCUT2D eigenvalue weighted by Gasteiger charge is 2.14. The zero-order valence-electron chi connectivity index (χ0n) is 9.26. The smallest absolute Gasteiger partial charge is 0.139 e. The Balaban J connectivity index is 3.30. The minimum atomic E-state index is 0.606. The quantitative estimate of drug-likeness (QED) is 0.916. The summed E-state index contributed by atoms with van der Waals surface area (Å²) < 4.78 is 11.6. The van der Waals surface area contributed by atoms with E-state index in [1.807, 2.05) is 13.0 Å². The van der Waals surface area contributed by atoms with Crippen LogP contribution in [0.25, 0.3) is 0 Å². The van der Waals surface area contributed by atoms with E-state index in [1.165, 1.54) is 0 Å². The summed E-state index contributed by atoms with van der Waals surface area (Å²) in [6.07, 6.45) is 0.798. The van der Waals surface area contributed by atoms with E-state index < -0.39 is 0 Å². The average molecular weight is 274 g/mol. The summed E-state index contributed by atoms with van der Waals surface area (Å²) in [5.41, 5.74) is 7.65. The van der Waals surface area contributed by atoms with Crippen molar-refractivity contribution in [3.63, 3.8) is 0 Å². The van der Waals surface area contributed by atoms with E-state index in [-0.39, 0.29) is 0 Å².